The Morgan fingerprint density at radius 1 is 1.47 bits per heavy atom. The zero-order valence-electron chi connectivity index (χ0n) is 9.11. The number of carboxylic acid groups (broad SMARTS) is 1. The Labute approximate surface area is 112 Å². The number of carbonyl (C=O) groups excluding carboxylic acids is 1. The summed E-state index contributed by atoms with van der Waals surface area (Å²) in [5, 5.41) is 9.07. The van der Waals surface area contributed by atoms with Gasteiger partial charge in [0.25, 0.3) is 5.91 Å². The molecule has 0 atom stereocenters. The molecule has 0 spiro atoms. The first-order valence-corrected chi connectivity index (χ1v) is 6.01. The Bertz CT molecular complexity index is 450. The number of aliphatic carboxylic acids is 1. The maximum atomic E-state index is 11.9. The standard InChI is InChI=1S/C11H11BrClNO3/c1-14(5-4-10(15)16)11(17)8-3-2-7(13)6-9(8)12/h2-3,6H,4-5H2,1H3,(H,15,16). The largest absolute Gasteiger partial charge is 0.481 e. The van der Waals surface area contributed by atoms with E-state index in [1.807, 2.05) is 0 Å². The molecule has 17 heavy (non-hydrogen) atoms. The van der Waals surface area contributed by atoms with Gasteiger partial charge in [-0.3, -0.25) is 9.59 Å². The normalized spacial score (nSPS) is 10.1. The van der Waals surface area contributed by atoms with Crippen LogP contribution in [0.5, 0.6) is 0 Å². The number of nitrogens with zero attached hydrogens (tertiary/aromatic N) is 1. The lowest BCUT2D eigenvalue weighted by Crippen LogP contribution is -2.29. The van der Waals surface area contributed by atoms with Crippen LogP contribution in [0.15, 0.2) is 22.7 Å². The van der Waals surface area contributed by atoms with Crippen LogP contribution in [-0.4, -0.2) is 35.5 Å². The van der Waals surface area contributed by atoms with Gasteiger partial charge in [-0.1, -0.05) is 11.6 Å². The zero-order chi connectivity index (χ0) is 13.0. The van der Waals surface area contributed by atoms with Crippen molar-refractivity contribution < 1.29 is 14.7 Å². The van der Waals surface area contributed by atoms with E-state index in [1.54, 1.807) is 25.2 Å². The van der Waals surface area contributed by atoms with E-state index in [0.29, 0.717) is 15.1 Å². The van der Waals surface area contributed by atoms with E-state index in [0.717, 1.165) is 0 Å². The number of hydrogen-bond acceptors (Lipinski definition) is 2. The van der Waals surface area contributed by atoms with Crippen LogP contribution >= 0.6 is 27.5 Å². The summed E-state index contributed by atoms with van der Waals surface area (Å²) in [5.74, 6) is -1.17. The Balaban J connectivity index is 2.78. The smallest absolute Gasteiger partial charge is 0.305 e. The minimum absolute atomic E-state index is 0.0759. The summed E-state index contributed by atoms with van der Waals surface area (Å²) in [7, 11) is 1.56. The van der Waals surface area contributed by atoms with Gasteiger partial charge in [0.2, 0.25) is 0 Å². The van der Waals surface area contributed by atoms with Gasteiger partial charge >= 0.3 is 5.97 Å². The van der Waals surface area contributed by atoms with E-state index < -0.39 is 5.97 Å². The fourth-order valence-corrected chi connectivity index (χ4v) is 2.09. The summed E-state index contributed by atoms with van der Waals surface area (Å²) in [6.45, 7) is 0.170. The average molecular weight is 321 g/mol. The van der Waals surface area contributed by atoms with E-state index >= 15 is 0 Å². The molecule has 0 aliphatic heterocycles. The molecule has 1 aromatic rings. The summed E-state index contributed by atoms with van der Waals surface area (Å²) < 4.78 is 0.595. The van der Waals surface area contributed by atoms with Gasteiger partial charge in [0.05, 0.1) is 12.0 Å². The number of rotatable bonds is 4. The van der Waals surface area contributed by atoms with Crippen molar-refractivity contribution in [2.24, 2.45) is 0 Å². The highest BCUT2D eigenvalue weighted by Gasteiger charge is 2.15. The molecule has 0 unspecified atom stereocenters. The number of carbonyl (C=O) groups is 2. The third-order valence-electron chi connectivity index (χ3n) is 2.17. The summed E-state index contributed by atoms with van der Waals surface area (Å²) in [4.78, 5) is 23.7. The Morgan fingerprint density at radius 2 is 2.12 bits per heavy atom. The molecule has 0 radical (unpaired) electrons. The van der Waals surface area contributed by atoms with Gasteiger partial charge in [-0.15, -0.1) is 0 Å². The van der Waals surface area contributed by atoms with Crippen molar-refractivity contribution in [1.82, 2.24) is 4.90 Å². The molecule has 0 aliphatic carbocycles. The van der Waals surface area contributed by atoms with Gasteiger partial charge in [0, 0.05) is 23.1 Å². The summed E-state index contributed by atoms with van der Waals surface area (Å²) in [6.07, 6.45) is -0.0759. The molecule has 1 aromatic carbocycles. The van der Waals surface area contributed by atoms with Gasteiger partial charge in [-0.25, -0.2) is 0 Å². The molecule has 1 amide bonds. The molecule has 6 heteroatoms. The van der Waals surface area contributed by atoms with Gasteiger partial charge < -0.3 is 10.0 Å². The predicted molar refractivity (Wildman–Crippen MR) is 68.4 cm³/mol. The van der Waals surface area contributed by atoms with Crippen LogP contribution in [0, 0.1) is 0 Å². The van der Waals surface area contributed by atoms with Crippen molar-refractivity contribution in [2.75, 3.05) is 13.6 Å². The first-order chi connectivity index (χ1) is 7.91. The number of halogens is 2. The monoisotopic (exact) mass is 319 g/mol. The highest BCUT2D eigenvalue weighted by Crippen LogP contribution is 2.22. The van der Waals surface area contributed by atoms with E-state index in [-0.39, 0.29) is 18.9 Å². The maximum absolute atomic E-state index is 11.9. The maximum Gasteiger partial charge on any atom is 0.305 e. The van der Waals surface area contributed by atoms with E-state index in [2.05, 4.69) is 15.9 Å². The highest BCUT2D eigenvalue weighted by molar-refractivity contribution is 9.10. The van der Waals surface area contributed by atoms with E-state index in [4.69, 9.17) is 16.7 Å². The average Bonchev–Trinajstić information content (AvgIpc) is 2.25. The second kappa shape index (κ2) is 6.02. The molecule has 0 aromatic heterocycles. The summed E-state index contributed by atoms with van der Waals surface area (Å²) >= 11 is 9.02. The molecule has 0 saturated carbocycles. The van der Waals surface area contributed by atoms with Crippen LogP contribution in [0.1, 0.15) is 16.8 Å². The predicted octanol–water partition coefficient (Wildman–Crippen LogP) is 2.65. The molecule has 0 fully saturated rings. The molecule has 92 valence electrons. The molecule has 0 heterocycles. The lowest BCUT2D eigenvalue weighted by Gasteiger charge is -2.16. The van der Waals surface area contributed by atoms with Crippen molar-refractivity contribution in [3.05, 3.63) is 33.3 Å². The van der Waals surface area contributed by atoms with Crippen LogP contribution in [0.25, 0.3) is 0 Å². The van der Waals surface area contributed by atoms with Crippen molar-refractivity contribution in [1.29, 1.82) is 0 Å². The molecule has 0 saturated heterocycles. The van der Waals surface area contributed by atoms with Crippen LogP contribution in [0.2, 0.25) is 5.02 Å². The van der Waals surface area contributed by atoms with Crippen LogP contribution < -0.4 is 0 Å². The third kappa shape index (κ3) is 4.02. The topological polar surface area (TPSA) is 57.6 Å². The number of hydrogen-bond donors (Lipinski definition) is 1. The summed E-state index contributed by atoms with van der Waals surface area (Å²) in [5.41, 5.74) is 0.460. The summed E-state index contributed by atoms with van der Waals surface area (Å²) in [6, 6.07) is 4.84. The van der Waals surface area contributed by atoms with Crippen molar-refractivity contribution in [2.45, 2.75) is 6.42 Å². The molecule has 1 rings (SSSR count). The molecule has 4 nitrogen and oxygen atoms in total. The minimum atomic E-state index is -0.931. The zero-order valence-corrected chi connectivity index (χ0v) is 11.5. The first-order valence-electron chi connectivity index (χ1n) is 4.84. The third-order valence-corrected chi connectivity index (χ3v) is 3.06. The van der Waals surface area contributed by atoms with E-state index in [9.17, 15) is 9.59 Å². The molecule has 1 N–H and O–H groups in total. The fourth-order valence-electron chi connectivity index (χ4n) is 1.23. The van der Waals surface area contributed by atoms with Gasteiger partial charge in [0.1, 0.15) is 0 Å². The molecular formula is C11H11BrClNO3. The Morgan fingerprint density at radius 3 is 2.65 bits per heavy atom. The lowest BCUT2D eigenvalue weighted by molar-refractivity contribution is -0.137. The van der Waals surface area contributed by atoms with Crippen molar-refractivity contribution >= 4 is 39.4 Å². The number of amides is 1. The second-order valence-corrected chi connectivity index (χ2v) is 4.79. The number of benzene rings is 1. The van der Waals surface area contributed by atoms with Gasteiger partial charge in [-0.05, 0) is 34.1 Å². The SMILES string of the molecule is CN(CCC(=O)O)C(=O)c1ccc(Cl)cc1Br. The lowest BCUT2D eigenvalue weighted by atomic mass is 10.2. The molecule has 0 bridgehead atoms. The molecular weight excluding hydrogens is 309 g/mol. The van der Waals surface area contributed by atoms with Gasteiger partial charge in [0.15, 0.2) is 0 Å². The van der Waals surface area contributed by atoms with Crippen LogP contribution in [0.4, 0.5) is 0 Å². The van der Waals surface area contributed by atoms with Crippen LogP contribution in [0.3, 0.4) is 0 Å². The Kier molecular flexibility index (Phi) is 4.96. The van der Waals surface area contributed by atoms with Crippen molar-refractivity contribution in [3.63, 3.8) is 0 Å². The van der Waals surface area contributed by atoms with E-state index in [1.165, 1.54) is 4.90 Å². The van der Waals surface area contributed by atoms with Gasteiger partial charge in [-0.2, -0.15) is 0 Å². The fraction of sp³-hybridized carbons (Fsp3) is 0.273. The first kappa shape index (κ1) is 14.0. The molecule has 0 aliphatic rings. The van der Waals surface area contributed by atoms with Crippen molar-refractivity contribution in [3.8, 4) is 0 Å². The van der Waals surface area contributed by atoms with Crippen LogP contribution in [-0.2, 0) is 4.79 Å². The minimum Gasteiger partial charge on any atom is -0.481 e. The highest BCUT2D eigenvalue weighted by atomic mass is 79.9. The quantitative estimate of drug-likeness (QED) is 0.928. The number of carboxylic acids is 1. The second-order valence-electron chi connectivity index (χ2n) is 3.49. The Hall–Kier alpha value is -1.07.